The van der Waals surface area contributed by atoms with Crippen molar-refractivity contribution in [3.63, 3.8) is 0 Å². The zero-order valence-electron chi connectivity index (χ0n) is 12.5. The van der Waals surface area contributed by atoms with Crippen molar-refractivity contribution in [2.24, 2.45) is 5.92 Å². The van der Waals surface area contributed by atoms with Crippen molar-refractivity contribution in [3.8, 4) is 0 Å². The standard InChI is InChI=1S/C15H28N2O2/c1-15(2,3)19-14(18)17-13-9-5-4-8-12-11(13)7-6-10-16-12/h11-13,16H,4-10H2,1-3H3,(H,17,18)/t11-,12-,13?/m0/s1. The van der Waals surface area contributed by atoms with Gasteiger partial charge in [-0.3, -0.25) is 0 Å². The summed E-state index contributed by atoms with van der Waals surface area (Å²) in [7, 11) is 0. The highest BCUT2D eigenvalue weighted by Gasteiger charge is 2.34. The number of nitrogens with one attached hydrogen (secondary N) is 2. The first-order valence-corrected chi connectivity index (χ1v) is 7.68. The van der Waals surface area contributed by atoms with Crippen LogP contribution in [0.25, 0.3) is 0 Å². The second-order valence-electron chi connectivity index (χ2n) is 6.90. The molecular formula is C15H28N2O2. The van der Waals surface area contributed by atoms with Gasteiger partial charge < -0.3 is 15.4 Å². The maximum Gasteiger partial charge on any atom is 0.407 e. The first kappa shape index (κ1) is 14.6. The van der Waals surface area contributed by atoms with Crippen LogP contribution < -0.4 is 10.6 Å². The smallest absolute Gasteiger partial charge is 0.407 e. The zero-order valence-corrected chi connectivity index (χ0v) is 12.5. The van der Waals surface area contributed by atoms with Gasteiger partial charge in [0, 0.05) is 12.1 Å². The molecule has 0 aromatic heterocycles. The molecule has 0 aromatic rings. The average Bonchev–Trinajstić information content (AvgIpc) is 2.50. The van der Waals surface area contributed by atoms with Gasteiger partial charge in [0.25, 0.3) is 0 Å². The minimum Gasteiger partial charge on any atom is -0.444 e. The van der Waals surface area contributed by atoms with Gasteiger partial charge >= 0.3 is 6.09 Å². The van der Waals surface area contributed by atoms with E-state index in [0.29, 0.717) is 12.0 Å². The molecule has 19 heavy (non-hydrogen) atoms. The Morgan fingerprint density at radius 1 is 1.16 bits per heavy atom. The summed E-state index contributed by atoms with van der Waals surface area (Å²) < 4.78 is 5.39. The molecule has 1 aliphatic heterocycles. The van der Waals surface area contributed by atoms with Crippen molar-refractivity contribution < 1.29 is 9.53 Å². The van der Waals surface area contributed by atoms with E-state index in [1.165, 1.54) is 32.1 Å². The summed E-state index contributed by atoms with van der Waals surface area (Å²) in [5.41, 5.74) is -0.418. The summed E-state index contributed by atoms with van der Waals surface area (Å²) >= 11 is 0. The van der Waals surface area contributed by atoms with E-state index in [2.05, 4.69) is 10.6 Å². The second-order valence-corrected chi connectivity index (χ2v) is 6.90. The van der Waals surface area contributed by atoms with E-state index in [9.17, 15) is 4.79 Å². The quantitative estimate of drug-likeness (QED) is 0.769. The third-order valence-electron chi connectivity index (χ3n) is 4.14. The van der Waals surface area contributed by atoms with Gasteiger partial charge in [-0.05, 0) is 58.9 Å². The van der Waals surface area contributed by atoms with E-state index in [1.807, 2.05) is 20.8 Å². The van der Waals surface area contributed by atoms with E-state index >= 15 is 0 Å². The van der Waals surface area contributed by atoms with Gasteiger partial charge in [0.1, 0.15) is 5.60 Å². The lowest BCUT2D eigenvalue weighted by Gasteiger charge is -2.36. The van der Waals surface area contributed by atoms with Crippen molar-refractivity contribution in [1.82, 2.24) is 10.6 Å². The normalized spacial score (nSPS) is 32.1. The van der Waals surface area contributed by atoms with E-state index in [1.54, 1.807) is 0 Å². The number of hydrogen-bond acceptors (Lipinski definition) is 3. The molecule has 4 heteroatoms. The maximum absolute atomic E-state index is 12.0. The summed E-state index contributed by atoms with van der Waals surface area (Å²) in [6.07, 6.45) is 6.98. The highest BCUT2D eigenvalue weighted by molar-refractivity contribution is 5.68. The number of carbonyl (C=O) groups excluding carboxylic acids is 1. The molecule has 0 bridgehead atoms. The van der Waals surface area contributed by atoms with Gasteiger partial charge in [-0.2, -0.15) is 0 Å². The lowest BCUT2D eigenvalue weighted by molar-refractivity contribution is 0.0468. The summed E-state index contributed by atoms with van der Waals surface area (Å²) in [5, 5.41) is 6.73. The molecule has 1 saturated carbocycles. The Hall–Kier alpha value is -0.770. The zero-order chi connectivity index (χ0) is 13.9. The van der Waals surface area contributed by atoms with E-state index in [0.717, 1.165) is 13.0 Å². The minimum absolute atomic E-state index is 0.260. The number of hydrogen-bond donors (Lipinski definition) is 2. The molecule has 1 unspecified atom stereocenters. The van der Waals surface area contributed by atoms with Gasteiger partial charge in [-0.1, -0.05) is 12.8 Å². The van der Waals surface area contributed by atoms with Crippen LogP contribution in [0.1, 0.15) is 59.3 Å². The number of ether oxygens (including phenoxy) is 1. The monoisotopic (exact) mass is 268 g/mol. The minimum atomic E-state index is -0.418. The van der Waals surface area contributed by atoms with Crippen LogP contribution in [0.3, 0.4) is 0 Å². The predicted octanol–water partition coefficient (Wildman–Crippen LogP) is 2.82. The van der Waals surface area contributed by atoms with Crippen LogP contribution in [0.4, 0.5) is 4.79 Å². The van der Waals surface area contributed by atoms with Crippen molar-refractivity contribution in [2.45, 2.75) is 77.0 Å². The van der Waals surface area contributed by atoms with Crippen LogP contribution >= 0.6 is 0 Å². The van der Waals surface area contributed by atoms with Gasteiger partial charge in [-0.25, -0.2) is 4.79 Å². The van der Waals surface area contributed by atoms with Crippen LogP contribution in [0.2, 0.25) is 0 Å². The highest BCUT2D eigenvalue weighted by Crippen LogP contribution is 2.30. The molecule has 1 heterocycles. The summed E-state index contributed by atoms with van der Waals surface area (Å²) in [4.78, 5) is 12.0. The summed E-state index contributed by atoms with van der Waals surface area (Å²) in [6.45, 7) is 6.85. The fourth-order valence-electron chi connectivity index (χ4n) is 3.36. The molecule has 3 atom stereocenters. The first-order chi connectivity index (χ1) is 8.96. The molecule has 2 N–H and O–H groups in total. The molecule has 4 nitrogen and oxygen atoms in total. The van der Waals surface area contributed by atoms with Gasteiger partial charge in [0.15, 0.2) is 0 Å². The topological polar surface area (TPSA) is 50.4 Å². The molecule has 1 amide bonds. The molecule has 0 spiro atoms. The average molecular weight is 268 g/mol. The van der Waals surface area contributed by atoms with Crippen LogP contribution in [-0.4, -0.2) is 30.3 Å². The largest absolute Gasteiger partial charge is 0.444 e. The Balaban J connectivity index is 1.94. The van der Waals surface area contributed by atoms with Gasteiger partial charge in [0.2, 0.25) is 0 Å². The molecular weight excluding hydrogens is 240 g/mol. The maximum atomic E-state index is 12.0. The van der Waals surface area contributed by atoms with Crippen molar-refractivity contribution >= 4 is 6.09 Å². The van der Waals surface area contributed by atoms with Gasteiger partial charge in [0.05, 0.1) is 0 Å². The molecule has 1 saturated heterocycles. The number of piperidine rings is 1. The van der Waals surface area contributed by atoms with Crippen molar-refractivity contribution in [1.29, 1.82) is 0 Å². The lowest BCUT2D eigenvalue weighted by Crippen LogP contribution is -2.51. The fourth-order valence-corrected chi connectivity index (χ4v) is 3.36. The first-order valence-electron chi connectivity index (χ1n) is 7.68. The Morgan fingerprint density at radius 3 is 2.63 bits per heavy atom. The molecule has 1 aliphatic carbocycles. The SMILES string of the molecule is CC(C)(C)OC(=O)NC1CCCC[C@@H]2NCCC[C@H]12. The Morgan fingerprint density at radius 2 is 1.89 bits per heavy atom. The third kappa shape index (κ3) is 4.37. The Bertz CT molecular complexity index is 312. The number of amides is 1. The number of carbonyl (C=O) groups is 1. The molecule has 2 fully saturated rings. The van der Waals surface area contributed by atoms with Gasteiger partial charge in [-0.15, -0.1) is 0 Å². The third-order valence-corrected chi connectivity index (χ3v) is 4.14. The number of rotatable bonds is 1. The lowest BCUT2D eigenvalue weighted by atomic mass is 9.84. The van der Waals surface area contributed by atoms with Crippen LogP contribution in [-0.2, 0) is 4.74 Å². The van der Waals surface area contributed by atoms with Crippen LogP contribution in [0.5, 0.6) is 0 Å². The Kier molecular flexibility index (Phi) is 4.71. The van der Waals surface area contributed by atoms with E-state index in [4.69, 9.17) is 4.74 Å². The van der Waals surface area contributed by atoms with Crippen LogP contribution in [0.15, 0.2) is 0 Å². The van der Waals surface area contributed by atoms with Crippen molar-refractivity contribution in [2.75, 3.05) is 6.54 Å². The number of alkyl carbamates (subject to hydrolysis) is 1. The molecule has 2 rings (SSSR count). The summed E-state index contributed by atoms with van der Waals surface area (Å²) in [6, 6.07) is 0.853. The van der Waals surface area contributed by atoms with E-state index < -0.39 is 5.60 Å². The molecule has 0 aromatic carbocycles. The fraction of sp³-hybridized carbons (Fsp3) is 0.933. The van der Waals surface area contributed by atoms with Crippen molar-refractivity contribution in [3.05, 3.63) is 0 Å². The van der Waals surface area contributed by atoms with E-state index in [-0.39, 0.29) is 12.1 Å². The second kappa shape index (κ2) is 6.12. The van der Waals surface area contributed by atoms with Crippen LogP contribution in [0, 0.1) is 5.92 Å². The highest BCUT2D eigenvalue weighted by atomic mass is 16.6. The Labute approximate surface area is 116 Å². The predicted molar refractivity (Wildman–Crippen MR) is 76.1 cm³/mol. The molecule has 0 radical (unpaired) electrons. The molecule has 2 aliphatic rings. The molecule has 110 valence electrons. The number of fused-ring (bicyclic) bond motifs is 1. The summed E-state index contributed by atoms with van der Waals surface area (Å²) in [5.74, 6) is 0.573.